The zero-order valence-corrected chi connectivity index (χ0v) is 16.5. The lowest BCUT2D eigenvalue weighted by Gasteiger charge is -2.06. The Labute approximate surface area is 173 Å². The van der Waals surface area contributed by atoms with Crippen LogP contribution in [-0.4, -0.2) is 35.4 Å². The van der Waals surface area contributed by atoms with Gasteiger partial charge in [-0.25, -0.2) is 9.78 Å². The highest BCUT2D eigenvalue weighted by atomic mass is 16.5. The van der Waals surface area contributed by atoms with E-state index in [1.165, 1.54) is 19.2 Å². The van der Waals surface area contributed by atoms with E-state index in [2.05, 4.69) is 4.98 Å². The second-order valence-electron chi connectivity index (χ2n) is 6.24. The number of rotatable bonds is 5. The molecule has 4 aromatic rings. The van der Waals surface area contributed by atoms with E-state index in [0.29, 0.717) is 17.2 Å². The minimum absolute atomic E-state index is 0.312. The molecule has 0 saturated heterocycles. The summed E-state index contributed by atoms with van der Waals surface area (Å²) >= 11 is 0. The van der Waals surface area contributed by atoms with Crippen LogP contribution >= 0.6 is 0 Å². The summed E-state index contributed by atoms with van der Waals surface area (Å²) in [6, 6.07) is 21.7. The van der Waals surface area contributed by atoms with Crippen LogP contribution in [0.25, 0.3) is 22.6 Å². The van der Waals surface area contributed by atoms with Gasteiger partial charge in [0, 0.05) is 5.56 Å². The average molecular weight is 407 g/mol. The van der Waals surface area contributed by atoms with E-state index in [1.54, 1.807) is 19.2 Å². The van der Waals surface area contributed by atoms with Crippen LogP contribution in [-0.2, 0) is 4.79 Å². The quantitative estimate of drug-likeness (QED) is 0.508. The van der Waals surface area contributed by atoms with Crippen LogP contribution < -0.4 is 9.47 Å². The summed E-state index contributed by atoms with van der Waals surface area (Å²) in [5, 5.41) is 17.7. The first-order valence-electron chi connectivity index (χ1n) is 9.06. The van der Waals surface area contributed by atoms with Gasteiger partial charge in [-0.05, 0) is 48.0 Å². The minimum Gasteiger partial charge on any atom is -0.497 e. The van der Waals surface area contributed by atoms with Gasteiger partial charge in [-0.1, -0.05) is 30.3 Å². The second kappa shape index (κ2) is 9.58. The zero-order chi connectivity index (χ0) is 21.5. The molecule has 2 N–H and O–H groups in total. The van der Waals surface area contributed by atoms with Gasteiger partial charge in [-0.2, -0.15) is 0 Å². The molecule has 0 fully saturated rings. The largest absolute Gasteiger partial charge is 0.497 e. The number of carboxylic acid groups (broad SMARTS) is 1. The summed E-state index contributed by atoms with van der Waals surface area (Å²) in [5.41, 5.74) is 2.89. The van der Waals surface area contributed by atoms with Gasteiger partial charge >= 0.3 is 5.97 Å². The summed E-state index contributed by atoms with van der Waals surface area (Å²) in [6.45, 7) is 0. The molecule has 154 valence electrons. The third-order valence-corrected chi connectivity index (χ3v) is 4.25. The Morgan fingerprint density at radius 1 is 0.933 bits per heavy atom. The number of para-hydroxylation sites is 2. The molecular weight excluding hydrogens is 386 g/mol. The van der Waals surface area contributed by atoms with Crippen molar-refractivity contribution in [1.29, 1.82) is 0 Å². The van der Waals surface area contributed by atoms with Crippen molar-refractivity contribution < 1.29 is 28.9 Å². The fraction of sp³-hybridized carbons (Fsp3) is 0.130. The van der Waals surface area contributed by atoms with Crippen molar-refractivity contribution in [2.75, 3.05) is 14.2 Å². The molecule has 1 aromatic heterocycles. The average Bonchev–Trinajstić information content (AvgIpc) is 3.23. The summed E-state index contributed by atoms with van der Waals surface area (Å²) in [5.74, 6) is 0.668. The minimum atomic E-state index is -1.49. The molecule has 0 aliphatic rings. The van der Waals surface area contributed by atoms with Crippen molar-refractivity contribution in [3.8, 4) is 23.0 Å². The molecule has 0 aliphatic heterocycles. The molecule has 7 heteroatoms. The van der Waals surface area contributed by atoms with Gasteiger partial charge in [0.15, 0.2) is 11.7 Å². The number of hydrogen-bond donors (Lipinski definition) is 2. The third kappa shape index (κ3) is 4.95. The Hall–Kier alpha value is -3.84. The van der Waals surface area contributed by atoms with Crippen molar-refractivity contribution in [1.82, 2.24) is 4.98 Å². The maximum atomic E-state index is 10.4. The van der Waals surface area contributed by atoms with Crippen LogP contribution in [0.15, 0.2) is 77.2 Å². The molecule has 4 rings (SSSR count). The summed E-state index contributed by atoms with van der Waals surface area (Å²) in [7, 11) is 3.12. The number of hydrogen-bond acceptors (Lipinski definition) is 6. The van der Waals surface area contributed by atoms with E-state index >= 15 is 0 Å². The fourth-order valence-electron chi connectivity index (χ4n) is 2.71. The first kappa shape index (κ1) is 20.9. The van der Waals surface area contributed by atoms with Gasteiger partial charge in [-0.15, -0.1) is 0 Å². The number of oxazole rings is 1. The van der Waals surface area contributed by atoms with Crippen LogP contribution in [0.2, 0.25) is 0 Å². The normalized spacial score (nSPS) is 11.3. The molecule has 1 unspecified atom stereocenters. The molecule has 0 radical (unpaired) electrons. The smallest absolute Gasteiger partial charge is 0.337 e. The SMILES string of the molecule is COc1cccc(-c2nc3ccccc3o2)c1.COc1cccc(C(O)C(=O)O)c1. The topological polar surface area (TPSA) is 102 Å². The molecule has 0 aliphatic carbocycles. The van der Waals surface area contributed by atoms with E-state index in [4.69, 9.17) is 24.1 Å². The van der Waals surface area contributed by atoms with Crippen LogP contribution in [0.4, 0.5) is 0 Å². The van der Waals surface area contributed by atoms with E-state index in [9.17, 15) is 4.79 Å². The van der Waals surface area contributed by atoms with Gasteiger partial charge in [0.05, 0.1) is 14.2 Å². The molecule has 0 saturated carbocycles. The van der Waals surface area contributed by atoms with E-state index < -0.39 is 12.1 Å². The number of aliphatic hydroxyl groups is 1. The number of aromatic nitrogens is 1. The number of methoxy groups -OCH3 is 2. The van der Waals surface area contributed by atoms with E-state index in [-0.39, 0.29) is 0 Å². The number of benzene rings is 3. The first-order chi connectivity index (χ1) is 14.5. The molecule has 7 nitrogen and oxygen atoms in total. The van der Waals surface area contributed by atoms with Gasteiger partial charge in [0.2, 0.25) is 5.89 Å². The number of nitrogens with zero attached hydrogens (tertiary/aromatic N) is 1. The van der Waals surface area contributed by atoms with E-state index in [0.717, 1.165) is 22.4 Å². The van der Waals surface area contributed by atoms with Crippen molar-refractivity contribution in [2.45, 2.75) is 6.10 Å². The number of aliphatic hydroxyl groups excluding tert-OH is 1. The van der Waals surface area contributed by atoms with Crippen molar-refractivity contribution in [3.05, 3.63) is 78.4 Å². The monoisotopic (exact) mass is 407 g/mol. The van der Waals surface area contributed by atoms with Crippen molar-refractivity contribution >= 4 is 17.1 Å². The zero-order valence-electron chi connectivity index (χ0n) is 16.5. The molecule has 30 heavy (non-hydrogen) atoms. The number of carbonyl (C=O) groups is 1. The molecular formula is C23H21NO6. The highest BCUT2D eigenvalue weighted by molar-refractivity contribution is 5.76. The first-order valence-corrected chi connectivity index (χ1v) is 9.06. The number of ether oxygens (including phenoxy) is 2. The van der Waals surface area contributed by atoms with Crippen LogP contribution in [0.3, 0.4) is 0 Å². The third-order valence-electron chi connectivity index (χ3n) is 4.25. The predicted molar refractivity (Wildman–Crippen MR) is 112 cm³/mol. The Morgan fingerprint density at radius 2 is 1.60 bits per heavy atom. The lowest BCUT2D eigenvalue weighted by atomic mass is 10.1. The fourth-order valence-corrected chi connectivity index (χ4v) is 2.71. The van der Waals surface area contributed by atoms with Gasteiger partial charge in [0.1, 0.15) is 17.0 Å². The highest BCUT2D eigenvalue weighted by Gasteiger charge is 2.15. The predicted octanol–water partition coefficient (Wildman–Crippen LogP) is 4.32. The van der Waals surface area contributed by atoms with Gasteiger partial charge in [-0.3, -0.25) is 0 Å². The highest BCUT2D eigenvalue weighted by Crippen LogP contribution is 2.26. The van der Waals surface area contributed by atoms with Crippen LogP contribution in [0, 0.1) is 0 Å². The Morgan fingerprint density at radius 3 is 2.27 bits per heavy atom. The number of fused-ring (bicyclic) bond motifs is 1. The molecule has 0 amide bonds. The lowest BCUT2D eigenvalue weighted by molar-refractivity contribution is -0.146. The Balaban J connectivity index is 0.000000178. The summed E-state index contributed by atoms with van der Waals surface area (Å²) < 4.78 is 15.7. The van der Waals surface area contributed by atoms with Crippen molar-refractivity contribution in [2.24, 2.45) is 0 Å². The maximum Gasteiger partial charge on any atom is 0.337 e. The maximum absolute atomic E-state index is 10.4. The molecule has 0 spiro atoms. The molecule has 1 atom stereocenters. The van der Waals surface area contributed by atoms with Gasteiger partial charge < -0.3 is 24.1 Å². The van der Waals surface area contributed by atoms with Crippen LogP contribution in [0.5, 0.6) is 11.5 Å². The lowest BCUT2D eigenvalue weighted by Crippen LogP contribution is -2.10. The number of carboxylic acids is 1. The number of aliphatic carboxylic acids is 1. The molecule has 0 bridgehead atoms. The Kier molecular flexibility index (Phi) is 6.67. The van der Waals surface area contributed by atoms with Crippen molar-refractivity contribution in [3.63, 3.8) is 0 Å². The molecule has 3 aromatic carbocycles. The molecule has 1 heterocycles. The van der Waals surface area contributed by atoms with Gasteiger partial charge in [0.25, 0.3) is 0 Å². The summed E-state index contributed by atoms with van der Waals surface area (Å²) in [4.78, 5) is 14.8. The standard InChI is InChI=1S/C14H11NO2.C9H10O4/c1-16-11-6-4-5-10(9-11)14-15-12-7-2-3-8-13(12)17-14;1-13-7-4-2-3-6(5-7)8(10)9(11)12/h2-9H,1H3;2-5,8,10H,1H3,(H,11,12). The summed E-state index contributed by atoms with van der Waals surface area (Å²) in [6.07, 6.45) is -1.49. The Bertz CT molecular complexity index is 1100. The second-order valence-corrected chi connectivity index (χ2v) is 6.24. The van der Waals surface area contributed by atoms with Crippen LogP contribution in [0.1, 0.15) is 11.7 Å². The van der Waals surface area contributed by atoms with E-state index in [1.807, 2.05) is 48.5 Å².